The summed E-state index contributed by atoms with van der Waals surface area (Å²) < 4.78 is 0. The van der Waals surface area contributed by atoms with E-state index in [0.717, 1.165) is 25.4 Å². The van der Waals surface area contributed by atoms with E-state index in [1.165, 1.54) is 24.8 Å². The molecule has 1 unspecified atom stereocenters. The van der Waals surface area contributed by atoms with Gasteiger partial charge in [0, 0.05) is 6.54 Å². The monoisotopic (exact) mass is 259 g/mol. The van der Waals surface area contributed by atoms with Gasteiger partial charge in [0.25, 0.3) is 0 Å². The van der Waals surface area contributed by atoms with Crippen LogP contribution in [0.4, 0.5) is 0 Å². The van der Waals surface area contributed by atoms with Crippen LogP contribution in [-0.2, 0) is 0 Å². The van der Waals surface area contributed by atoms with Crippen molar-refractivity contribution in [2.75, 3.05) is 13.1 Å². The third-order valence-corrected chi connectivity index (χ3v) is 3.43. The van der Waals surface area contributed by atoms with Gasteiger partial charge in [-0.15, -0.1) is 6.58 Å². The first-order chi connectivity index (χ1) is 9.24. The Hall–Kier alpha value is -1.08. The molecule has 0 saturated heterocycles. The quantitative estimate of drug-likeness (QED) is 0.472. The summed E-state index contributed by atoms with van der Waals surface area (Å²) in [5.74, 6) is 1.36. The third-order valence-electron chi connectivity index (χ3n) is 3.43. The molecule has 1 aromatic rings. The Labute approximate surface area is 119 Å². The number of hydrogen-bond donors (Lipinski definition) is 1. The molecule has 0 aromatic heterocycles. The molecule has 0 fully saturated rings. The Bertz CT molecular complexity index is 329. The fraction of sp³-hybridized carbons (Fsp3) is 0.556. The molecule has 0 saturated carbocycles. The maximum Gasteiger partial charge on any atom is 0.00202 e. The summed E-state index contributed by atoms with van der Waals surface area (Å²) in [5, 5.41) is 3.60. The van der Waals surface area contributed by atoms with E-state index in [0.29, 0.717) is 5.92 Å². The highest BCUT2D eigenvalue weighted by Crippen LogP contribution is 2.21. The molecule has 1 atom stereocenters. The summed E-state index contributed by atoms with van der Waals surface area (Å²) in [5.41, 5.74) is 1.47. The number of hydrogen-bond acceptors (Lipinski definition) is 1. The van der Waals surface area contributed by atoms with Crippen LogP contribution >= 0.6 is 0 Å². The van der Waals surface area contributed by atoms with Gasteiger partial charge in [-0.3, -0.25) is 0 Å². The van der Waals surface area contributed by atoms with Crippen LogP contribution in [0.5, 0.6) is 0 Å². The molecule has 0 aliphatic carbocycles. The Morgan fingerprint density at radius 3 is 2.47 bits per heavy atom. The van der Waals surface area contributed by atoms with Crippen LogP contribution in [0.2, 0.25) is 0 Å². The second-order valence-electron chi connectivity index (χ2n) is 5.73. The highest BCUT2D eigenvalue weighted by Gasteiger charge is 2.10. The molecule has 0 amide bonds. The molecule has 1 N–H and O–H groups in total. The Morgan fingerprint density at radius 1 is 1.11 bits per heavy atom. The van der Waals surface area contributed by atoms with Crippen LogP contribution in [0.25, 0.3) is 0 Å². The van der Waals surface area contributed by atoms with Crippen molar-refractivity contribution in [1.82, 2.24) is 5.32 Å². The van der Waals surface area contributed by atoms with Gasteiger partial charge in [-0.25, -0.2) is 0 Å². The minimum absolute atomic E-state index is 0.643. The molecule has 0 aliphatic heterocycles. The first-order valence-electron chi connectivity index (χ1n) is 7.60. The van der Waals surface area contributed by atoms with Gasteiger partial charge < -0.3 is 5.32 Å². The summed E-state index contributed by atoms with van der Waals surface area (Å²) in [4.78, 5) is 0. The minimum atomic E-state index is 0.643. The number of rotatable bonds is 10. The van der Waals surface area contributed by atoms with E-state index >= 15 is 0 Å². The van der Waals surface area contributed by atoms with Crippen molar-refractivity contribution in [3.8, 4) is 0 Å². The van der Waals surface area contributed by atoms with Crippen LogP contribution < -0.4 is 5.32 Å². The maximum absolute atomic E-state index is 3.79. The topological polar surface area (TPSA) is 12.0 Å². The fourth-order valence-electron chi connectivity index (χ4n) is 2.34. The molecule has 106 valence electrons. The standard InChI is InChI=1S/C18H29N/c1-4-5-6-8-13-18(15-19-14-16(2)3)17-11-9-7-10-12-17/h4,7,9-12,16,18-19H,1,5-6,8,13-15H2,2-3H3. The van der Waals surface area contributed by atoms with Crippen LogP contribution in [0, 0.1) is 5.92 Å². The molecule has 1 heteroatoms. The average molecular weight is 259 g/mol. The van der Waals surface area contributed by atoms with E-state index in [-0.39, 0.29) is 0 Å². The Kier molecular flexibility index (Phi) is 8.24. The normalized spacial score (nSPS) is 12.6. The average Bonchev–Trinajstić information content (AvgIpc) is 2.42. The molecule has 1 aromatic carbocycles. The summed E-state index contributed by atoms with van der Waals surface area (Å²) >= 11 is 0. The summed E-state index contributed by atoms with van der Waals surface area (Å²) in [6, 6.07) is 10.9. The van der Waals surface area contributed by atoms with Crippen molar-refractivity contribution in [2.45, 2.75) is 45.4 Å². The second kappa shape index (κ2) is 9.80. The van der Waals surface area contributed by atoms with E-state index in [2.05, 4.69) is 56.1 Å². The largest absolute Gasteiger partial charge is 0.316 e. The molecule has 0 aliphatic rings. The fourth-order valence-corrected chi connectivity index (χ4v) is 2.34. The first kappa shape index (κ1) is 16.0. The maximum atomic E-state index is 3.79. The second-order valence-corrected chi connectivity index (χ2v) is 5.73. The van der Waals surface area contributed by atoms with Crippen LogP contribution in [0.1, 0.15) is 51.0 Å². The molecule has 19 heavy (non-hydrogen) atoms. The number of allylic oxidation sites excluding steroid dienone is 1. The third kappa shape index (κ3) is 7.17. The predicted molar refractivity (Wildman–Crippen MR) is 85.6 cm³/mol. The zero-order chi connectivity index (χ0) is 13.9. The molecule has 0 spiro atoms. The van der Waals surface area contributed by atoms with Crippen molar-refractivity contribution in [3.05, 3.63) is 48.6 Å². The minimum Gasteiger partial charge on any atom is -0.316 e. The number of nitrogens with one attached hydrogen (secondary N) is 1. The van der Waals surface area contributed by atoms with Gasteiger partial charge in [-0.2, -0.15) is 0 Å². The van der Waals surface area contributed by atoms with E-state index < -0.39 is 0 Å². The number of unbranched alkanes of at least 4 members (excludes halogenated alkanes) is 2. The lowest BCUT2D eigenvalue weighted by Gasteiger charge is -2.19. The Morgan fingerprint density at radius 2 is 1.84 bits per heavy atom. The number of benzene rings is 1. The van der Waals surface area contributed by atoms with Gasteiger partial charge in [-0.1, -0.05) is 56.7 Å². The summed E-state index contributed by atoms with van der Waals surface area (Å²) in [7, 11) is 0. The SMILES string of the molecule is C=CCCCCC(CNCC(C)C)c1ccccc1. The van der Waals surface area contributed by atoms with Crippen LogP contribution in [-0.4, -0.2) is 13.1 Å². The molecule has 1 rings (SSSR count). The molecular formula is C18H29N. The highest BCUT2D eigenvalue weighted by molar-refractivity contribution is 5.19. The van der Waals surface area contributed by atoms with Gasteiger partial charge in [0.15, 0.2) is 0 Å². The van der Waals surface area contributed by atoms with Crippen LogP contribution in [0.3, 0.4) is 0 Å². The predicted octanol–water partition coefficient (Wildman–Crippen LogP) is 4.76. The van der Waals surface area contributed by atoms with E-state index in [4.69, 9.17) is 0 Å². The summed E-state index contributed by atoms with van der Waals surface area (Å²) in [6.07, 6.45) is 6.98. The van der Waals surface area contributed by atoms with Gasteiger partial charge in [0.2, 0.25) is 0 Å². The van der Waals surface area contributed by atoms with E-state index in [1.54, 1.807) is 0 Å². The molecular weight excluding hydrogens is 230 g/mol. The lowest BCUT2D eigenvalue weighted by atomic mass is 9.93. The van der Waals surface area contributed by atoms with E-state index in [9.17, 15) is 0 Å². The highest BCUT2D eigenvalue weighted by atomic mass is 14.9. The van der Waals surface area contributed by atoms with Gasteiger partial charge in [-0.05, 0) is 43.2 Å². The van der Waals surface area contributed by atoms with Crippen molar-refractivity contribution in [1.29, 1.82) is 0 Å². The summed E-state index contributed by atoms with van der Waals surface area (Å²) in [6.45, 7) is 10.5. The zero-order valence-electron chi connectivity index (χ0n) is 12.6. The first-order valence-corrected chi connectivity index (χ1v) is 7.60. The van der Waals surface area contributed by atoms with Gasteiger partial charge >= 0.3 is 0 Å². The lowest BCUT2D eigenvalue weighted by molar-refractivity contribution is 0.488. The van der Waals surface area contributed by atoms with Crippen molar-refractivity contribution in [3.63, 3.8) is 0 Å². The van der Waals surface area contributed by atoms with Crippen molar-refractivity contribution >= 4 is 0 Å². The smallest absolute Gasteiger partial charge is 0.00202 e. The van der Waals surface area contributed by atoms with Crippen molar-refractivity contribution in [2.24, 2.45) is 5.92 Å². The van der Waals surface area contributed by atoms with Gasteiger partial charge in [0.05, 0.1) is 0 Å². The van der Waals surface area contributed by atoms with Gasteiger partial charge in [0.1, 0.15) is 0 Å². The lowest BCUT2D eigenvalue weighted by Crippen LogP contribution is -2.25. The Balaban J connectivity index is 2.45. The molecule has 0 bridgehead atoms. The van der Waals surface area contributed by atoms with Crippen molar-refractivity contribution < 1.29 is 0 Å². The molecule has 0 heterocycles. The van der Waals surface area contributed by atoms with Crippen LogP contribution in [0.15, 0.2) is 43.0 Å². The zero-order valence-corrected chi connectivity index (χ0v) is 12.6. The van der Waals surface area contributed by atoms with E-state index in [1.807, 2.05) is 6.08 Å². The molecule has 1 nitrogen and oxygen atoms in total. The molecule has 0 radical (unpaired) electrons.